The van der Waals surface area contributed by atoms with Gasteiger partial charge in [0.15, 0.2) is 14.3 Å². The van der Waals surface area contributed by atoms with E-state index >= 15 is 9.13 Å². The molecule has 4 aromatic heterocycles. The molecule has 2 unspecified atom stereocenters. The van der Waals surface area contributed by atoms with Gasteiger partial charge in [-0.25, -0.2) is 9.97 Å². The van der Waals surface area contributed by atoms with Gasteiger partial charge in [-0.05, 0) is 113 Å². The van der Waals surface area contributed by atoms with E-state index in [0.29, 0.717) is 50.4 Å². The van der Waals surface area contributed by atoms with Gasteiger partial charge in [0.2, 0.25) is 5.95 Å². The van der Waals surface area contributed by atoms with Crippen LogP contribution in [-0.4, -0.2) is 24.5 Å². The Morgan fingerprint density at radius 1 is 0.377 bits per heavy atom. The normalized spacial score (nSPS) is 17.1. The lowest BCUT2D eigenvalue weighted by Crippen LogP contribution is -2.23. The minimum Gasteiger partial charge on any atom is -0.457 e. The molecule has 61 heavy (non-hydrogen) atoms. The van der Waals surface area contributed by atoms with Crippen LogP contribution in [0.3, 0.4) is 0 Å². The average Bonchev–Trinajstić information content (AvgIpc) is 3.88. The predicted octanol–water partition coefficient (Wildman–Crippen LogP) is 9.19. The van der Waals surface area contributed by atoms with Gasteiger partial charge in [-0.1, -0.05) is 60.7 Å². The minimum atomic E-state index is -3.25. The summed E-state index contributed by atoms with van der Waals surface area (Å²) in [6, 6.07) is 52.0. The second-order valence-corrected chi connectivity index (χ2v) is 20.2. The van der Waals surface area contributed by atoms with E-state index in [1.807, 2.05) is 162 Å². The number of nitrogens with zero attached hydrogens (tertiary/aromatic N) is 5. The van der Waals surface area contributed by atoms with Crippen LogP contribution in [0.5, 0.6) is 23.0 Å². The quantitative estimate of drug-likeness (QED) is 0.147. The second kappa shape index (κ2) is 13.5. The van der Waals surface area contributed by atoms with E-state index in [9.17, 15) is 0 Å². The smallest absolute Gasteiger partial charge is 0.234 e. The fourth-order valence-electron chi connectivity index (χ4n) is 8.91. The maximum atomic E-state index is 15.1. The molecule has 12 rings (SSSR count). The van der Waals surface area contributed by atoms with E-state index in [1.165, 1.54) is 0 Å². The van der Waals surface area contributed by atoms with Crippen LogP contribution in [0.2, 0.25) is 0 Å². The number of pyridine rings is 2. The van der Waals surface area contributed by atoms with Gasteiger partial charge in [0.05, 0.1) is 11.0 Å². The molecule has 2 atom stereocenters. The monoisotopic (exact) mass is 827 g/mol. The largest absolute Gasteiger partial charge is 0.457 e. The summed E-state index contributed by atoms with van der Waals surface area (Å²) in [6.07, 6.45) is 6.80. The molecule has 0 amide bonds. The molecule has 2 aliphatic heterocycles. The van der Waals surface area contributed by atoms with Gasteiger partial charge >= 0.3 is 0 Å². The van der Waals surface area contributed by atoms with Gasteiger partial charge < -0.3 is 18.6 Å². The molecule has 11 heteroatoms. The molecule has 0 N–H and O–H groups in total. The highest BCUT2D eigenvalue weighted by Crippen LogP contribution is 2.54. The lowest BCUT2D eigenvalue weighted by atomic mass is 10.1. The zero-order chi connectivity index (χ0) is 40.7. The van der Waals surface area contributed by atoms with Crippen LogP contribution in [0.4, 0.5) is 0 Å². The van der Waals surface area contributed by atoms with Crippen LogP contribution in [0.15, 0.2) is 189 Å². The molecule has 0 radical (unpaired) electrons. The average molecular weight is 828 g/mol. The molecule has 2 aliphatic rings. The predicted molar refractivity (Wildman–Crippen MR) is 242 cm³/mol. The summed E-state index contributed by atoms with van der Waals surface area (Å²) >= 11 is 0. The summed E-state index contributed by atoms with van der Waals surface area (Å²) in [5.74, 6) is 2.77. The maximum Gasteiger partial charge on any atom is 0.234 e. The molecule has 0 spiro atoms. The Bertz CT molecular complexity index is 3290. The molecule has 0 aliphatic carbocycles. The fraction of sp³-hybridized carbons (Fsp3) is 0. The second-order valence-electron chi connectivity index (χ2n) is 14.9. The molecule has 0 bridgehead atoms. The molecule has 0 fully saturated rings. The third-order valence-corrected chi connectivity index (χ3v) is 17.6. The first-order valence-electron chi connectivity index (χ1n) is 19.7. The standard InChI is InChI=1S/C50H31N5O4P2/c56-60(48-14-5-7-24-51-48)44-12-3-1-10-38(44)40-22-18-34(30-46(40)60)58-32-16-20-36-37-21-17-33(29-43(37)55(42(36)28-32)50-53-26-9-27-54-50)59-35-19-23-41-39-11-2-4-13-45(39)61(57,47(41)31-35)49-15-6-8-25-52-49/h1-31H. The fourth-order valence-corrected chi connectivity index (χ4v) is 14.8. The van der Waals surface area contributed by atoms with E-state index in [-0.39, 0.29) is 0 Å². The summed E-state index contributed by atoms with van der Waals surface area (Å²) in [7, 11) is -6.50. The zero-order valence-corrected chi connectivity index (χ0v) is 34.0. The first kappa shape index (κ1) is 35.5. The summed E-state index contributed by atoms with van der Waals surface area (Å²) in [5.41, 5.74) is 6.47. The van der Waals surface area contributed by atoms with Gasteiger partial charge in [0.1, 0.15) is 33.9 Å². The Morgan fingerprint density at radius 2 is 0.787 bits per heavy atom. The Morgan fingerprint density at radius 3 is 1.26 bits per heavy atom. The molecular weight excluding hydrogens is 797 g/mol. The summed E-state index contributed by atoms with van der Waals surface area (Å²) in [6.45, 7) is 0. The summed E-state index contributed by atoms with van der Waals surface area (Å²) in [5, 5.41) is 4.91. The van der Waals surface area contributed by atoms with E-state index in [1.54, 1.807) is 30.9 Å². The Labute approximate surface area is 349 Å². The first-order valence-corrected chi connectivity index (χ1v) is 23.1. The summed E-state index contributed by atoms with van der Waals surface area (Å²) < 4.78 is 45.4. The van der Waals surface area contributed by atoms with Crippen molar-refractivity contribution in [2.75, 3.05) is 0 Å². The van der Waals surface area contributed by atoms with Crippen LogP contribution in [-0.2, 0) is 9.13 Å². The number of aromatic nitrogens is 5. The van der Waals surface area contributed by atoms with Crippen LogP contribution in [0.1, 0.15) is 0 Å². The lowest BCUT2D eigenvalue weighted by Gasteiger charge is -2.15. The van der Waals surface area contributed by atoms with E-state index in [2.05, 4.69) is 19.9 Å². The molecule has 0 saturated carbocycles. The van der Waals surface area contributed by atoms with Crippen molar-refractivity contribution in [3.8, 4) is 51.2 Å². The Kier molecular flexibility index (Phi) is 7.88. The maximum absolute atomic E-state index is 15.1. The van der Waals surface area contributed by atoms with Crippen molar-refractivity contribution in [1.82, 2.24) is 24.5 Å². The van der Waals surface area contributed by atoms with Crippen LogP contribution in [0, 0.1) is 0 Å². The number of rotatable bonds is 7. The lowest BCUT2D eigenvalue weighted by molar-refractivity contribution is 0.483. The van der Waals surface area contributed by atoms with Gasteiger partial charge in [0, 0.05) is 68.9 Å². The Balaban J connectivity index is 0.934. The molecular formula is C50H31N5O4P2. The van der Waals surface area contributed by atoms with Gasteiger partial charge in [-0.3, -0.25) is 14.5 Å². The SMILES string of the molecule is O=P1(c2ccccn2)c2ccccc2-c2ccc(Oc3ccc4c5ccc(Oc6ccc7c(c6)P(=O)(c6ccccn6)c6ccccc6-7)cc5n(-c5ncccn5)c4c3)cc21. The number of benzene rings is 6. The molecule has 290 valence electrons. The van der Waals surface area contributed by atoms with Gasteiger partial charge in [0.25, 0.3) is 0 Å². The van der Waals surface area contributed by atoms with Crippen molar-refractivity contribution in [3.05, 3.63) is 189 Å². The van der Waals surface area contributed by atoms with Crippen LogP contribution < -0.4 is 41.6 Å². The molecule has 10 aromatic rings. The van der Waals surface area contributed by atoms with Crippen molar-refractivity contribution in [1.29, 1.82) is 0 Å². The molecule has 0 saturated heterocycles. The first-order chi connectivity index (χ1) is 30.0. The number of hydrogen-bond donors (Lipinski definition) is 0. The van der Waals surface area contributed by atoms with Crippen LogP contribution in [0.25, 0.3) is 50.0 Å². The molecule has 6 aromatic carbocycles. The highest BCUT2D eigenvalue weighted by Gasteiger charge is 2.42. The number of fused-ring (bicyclic) bond motifs is 9. The van der Waals surface area contributed by atoms with E-state index in [4.69, 9.17) is 9.47 Å². The third kappa shape index (κ3) is 5.34. The Hall–Kier alpha value is -7.44. The van der Waals surface area contributed by atoms with Crippen molar-refractivity contribution >= 4 is 68.2 Å². The van der Waals surface area contributed by atoms with Gasteiger partial charge in [-0.15, -0.1) is 0 Å². The minimum absolute atomic E-state index is 0.481. The van der Waals surface area contributed by atoms with Crippen molar-refractivity contribution in [2.45, 2.75) is 0 Å². The van der Waals surface area contributed by atoms with Crippen molar-refractivity contribution in [3.63, 3.8) is 0 Å². The molecule has 6 heterocycles. The summed E-state index contributed by atoms with van der Waals surface area (Å²) in [4.78, 5) is 18.4. The number of ether oxygens (including phenoxy) is 2. The topological polar surface area (TPSA) is 109 Å². The van der Waals surface area contributed by atoms with Crippen molar-refractivity contribution in [2.24, 2.45) is 0 Å². The molecule has 9 nitrogen and oxygen atoms in total. The third-order valence-electron chi connectivity index (χ3n) is 11.6. The highest BCUT2D eigenvalue weighted by molar-refractivity contribution is 7.86. The van der Waals surface area contributed by atoms with E-state index in [0.717, 1.165) is 54.7 Å². The zero-order valence-electron chi connectivity index (χ0n) is 32.2. The number of hydrogen-bond acceptors (Lipinski definition) is 8. The van der Waals surface area contributed by atoms with E-state index < -0.39 is 14.3 Å². The van der Waals surface area contributed by atoms with Gasteiger partial charge in [-0.2, -0.15) is 0 Å². The van der Waals surface area contributed by atoms with Crippen molar-refractivity contribution < 1.29 is 18.6 Å². The highest BCUT2D eigenvalue weighted by atomic mass is 31.2. The van der Waals surface area contributed by atoms with Crippen LogP contribution >= 0.6 is 14.3 Å².